The summed E-state index contributed by atoms with van der Waals surface area (Å²) in [5.74, 6) is 0.907. The van der Waals surface area contributed by atoms with Gasteiger partial charge in [0.25, 0.3) is 0 Å². The van der Waals surface area contributed by atoms with Gasteiger partial charge in [-0.05, 0) is 44.0 Å². The van der Waals surface area contributed by atoms with Crippen molar-refractivity contribution < 1.29 is 18.8 Å². The van der Waals surface area contributed by atoms with E-state index in [1.54, 1.807) is 18.2 Å². The number of ether oxygens (including phenoxy) is 2. The zero-order valence-corrected chi connectivity index (χ0v) is 14.6. The Balaban J connectivity index is 2.15. The zero-order valence-electron chi connectivity index (χ0n) is 13.7. The molecular weight excluding hydrogens is 311 g/mol. The Morgan fingerprint density at radius 2 is 1.74 bits per heavy atom. The molecular formula is C18H19O4P. The molecule has 0 aromatic heterocycles. The smallest absolute Gasteiger partial charge is 0.200 e. The van der Waals surface area contributed by atoms with Gasteiger partial charge in [-0.3, -0.25) is 9.36 Å². The molecule has 0 aliphatic rings. The van der Waals surface area contributed by atoms with E-state index < -0.39 is 0 Å². The standard InChI is InChI=1S/C18H19O4P/c1-11-7-12(2)18(13(3)8-11)15(19)10-22-14-5-6-17(23-20)16(9-14)21-4/h5-9H,10H2,1-4H3. The van der Waals surface area contributed by atoms with Crippen LogP contribution in [0.25, 0.3) is 0 Å². The molecule has 0 heterocycles. The van der Waals surface area contributed by atoms with Crippen molar-refractivity contribution in [3.63, 3.8) is 0 Å². The van der Waals surface area contributed by atoms with E-state index >= 15 is 0 Å². The highest BCUT2D eigenvalue weighted by atomic mass is 31.1. The molecule has 2 rings (SSSR count). The number of methoxy groups -OCH3 is 1. The average molecular weight is 330 g/mol. The van der Waals surface area contributed by atoms with Crippen molar-refractivity contribution in [2.24, 2.45) is 0 Å². The van der Waals surface area contributed by atoms with Crippen LogP contribution >= 0.6 is 8.46 Å². The molecule has 120 valence electrons. The molecule has 0 N–H and O–H groups in total. The monoisotopic (exact) mass is 330 g/mol. The second-order valence-electron chi connectivity index (χ2n) is 5.41. The maximum atomic E-state index is 12.4. The van der Waals surface area contributed by atoms with E-state index in [-0.39, 0.29) is 20.9 Å². The van der Waals surface area contributed by atoms with Crippen LogP contribution < -0.4 is 14.8 Å². The fraction of sp³-hybridized carbons (Fsp3) is 0.278. The van der Waals surface area contributed by atoms with Crippen molar-refractivity contribution in [1.29, 1.82) is 0 Å². The van der Waals surface area contributed by atoms with Crippen LogP contribution in [0.4, 0.5) is 0 Å². The Kier molecular flexibility index (Phi) is 5.51. The first-order chi connectivity index (χ1) is 11.0. The van der Waals surface area contributed by atoms with E-state index in [1.165, 1.54) is 7.11 Å². The summed E-state index contributed by atoms with van der Waals surface area (Å²) in [6.45, 7) is 5.81. The molecule has 0 aliphatic carbocycles. The molecule has 5 heteroatoms. The van der Waals surface area contributed by atoms with E-state index in [0.717, 1.165) is 16.7 Å². The number of carbonyl (C=O) groups is 1. The maximum absolute atomic E-state index is 12.4. The van der Waals surface area contributed by atoms with Crippen molar-refractivity contribution in [2.75, 3.05) is 13.7 Å². The highest BCUT2D eigenvalue weighted by Crippen LogP contribution is 2.22. The number of benzene rings is 2. The van der Waals surface area contributed by atoms with Gasteiger partial charge >= 0.3 is 0 Å². The van der Waals surface area contributed by atoms with Crippen molar-refractivity contribution in [1.82, 2.24) is 0 Å². The Hall–Kier alpha value is -2.19. The van der Waals surface area contributed by atoms with Crippen LogP contribution in [-0.4, -0.2) is 19.5 Å². The van der Waals surface area contributed by atoms with Crippen LogP contribution in [0.1, 0.15) is 27.0 Å². The third-order valence-electron chi connectivity index (χ3n) is 3.58. The van der Waals surface area contributed by atoms with Gasteiger partial charge in [-0.25, -0.2) is 0 Å². The molecule has 0 bridgehead atoms. The van der Waals surface area contributed by atoms with Crippen LogP contribution in [0.3, 0.4) is 0 Å². The molecule has 0 spiro atoms. The number of ketones is 1. The topological polar surface area (TPSA) is 52.6 Å². The predicted molar refractivity (Wildman–Crippen MR) is 90.7 cm³/mol. The van der Waals surface area contributed by atoms with E-state index in [4.69, 9.17) is 9.47 Å². The van der Waals surface area contributed by atoms with Crippen LogP contribution in [0, 0.1) is 20.8 Å². The quantitative estimate of drug-likeness (QED) is 0.597. The molecule has 0 aliphatic heterocycles. The summed E-state index contributed by atoms with van der Waals surface area (Å²) < 4.78 is 21.7. The summed E-state index contributed by atoms with van der Waals surface area (Å²) >= 11 is 0. The molecule has 0 unspecified atom stereocenters. The fourth-order valence-electron chi connectivity index (χ4n) is 2.66. The molecule has 0 amide bonds. The van der Waals surface area contributed by atoms with Crippen molar-refractivity contribution in [3.8, 4) is 11.5 Å². The molecule has 23 heavy (non-hydrogen) atoms. The Bertz CT molecular complexity index is 730. The lowest BCUT2D eigenvalue weighted by atomic mass is 9.97. The first-order valence-corrected chi connectivity index (χ1v) is 8.02. The summed E-state index contributed by atoms with van der Waals surface area (Å²) in [5, 5.41) is 0.538. The summed E-state index contributed by atoms with van der Waals surface area (Å²) in [6.07, 6.45) is 0. The van der Waals surface area contributed by atoms with Crippen molar-refractivity contribution in [2.45, 2.75) is 20.8 Å². The van der Waals surface area contributed by atoms with Gasteiger partial charge in [0.15, 0.2) is 15.1 Å². The lowest BCUT2D eigenvalue weighted by Crippen LogP contribution is -2.15. The minimum Gasteiger partial charge on any atom is -0.496 e. The van der Waals surface area contributed by atoms with E-state index in [0.29, 0.717) is 22.4 Å². The van der Waals surface area contributed by atoms with Gasteiger partial charge in [-0.1, -0.05) is 17.7 Å². The number of hydrogen-bond acceptors (Lipinski definition) is 4. The maximum Gasteiger partial charge on any atom is 0.200 e. The van der Waals surface area contributed by atoms with Crippen LogP contribution in [-0.2, 0) is 4.57 Å². The summed E-state index contributed by atoms with van der Waals surface area (Å²) in [7, 11) is 1.38. The van der Waals surface area contributed by atoms with Gasteiger partial charge in [0.1, 0.15) is 11.5 Å². The number of carbonyl (C=O) groups excluding carboxylic acids is 1. The number of rotatable bonds is 6. The minimum absolute atomic E-state index is 0.0532. The Morgan fingerprint density at radius 3 is 2.30 bits per heavy atom. The molecule has 2 aromatic rings. The SMILES string of the molecule is COc1cc(OCC(=O)c2c(C)cc(C)cc2C)ccc1P=O. The van der Waals surface area contributed by atoms with Crippen LogP contribution in [0.2, 0.25) is 0 Å². The van der Waals surface area contributed by atoms with Gasteiger partial charge in [-0.2, -0.15) is 0 Å². The van der Waals surface area contributed by atoms with Crippen molar-refractivity contribution in [3.05, 3.63) is 52.6 Å². The van der Waals surface area contributed by atoms with Gasteiger partial charge in [0.2, 0.25) is 5.78 Å². The summed E-state index contributed by atoms with van der Waals surface area (Å²) in [4.78, 5) is 12.4. The second kappa shape index (κ2) is 7.38. The first-order valence-electron chi connectivity index (χ1n) is 7.21. The molecule has 0 saturated carbocycles. The Morgan fingerprint density at radius 1 is 1.09 bits per heavy atom. The van der Waals surface area contributed by atoms with Gasteiger partial charge in [0.05, 0.1) is 12.4 Å². The van der Waals surface area contributed by atoms with Gasteiger partial charge in [-0.15, -0.1) is 0 Å². The largest absolute Gasteiger partial charge is 0.496 e. The molecule has 0 atom stereocenters. The number of hydrogen-bond donors (Lipinski definition) is 0. The number of aryl methyl sites for hydroxylation is 3. The highest BCUT2D eigenvalue weighted by molar-refractivity contribution is 7.34. The second-order valence-corrected chi connectivity index (χ2v) is 6.07. The van der Waals surface area contributed by atoms with E-state index in [9.17, 15) is 9.36 Å². The Labute approximate surface area is 137 Å². The molecule has 2 aromatic carbocycles. The fourth-order valence-corrected chi connectivity index (χ4v) is 3.05. The third-order valence-corrected chi connectivity index (χ3v) is 4.14. The first kappa shape index (κ1) is 17.2. The number of Topliss-reactive ketones (excluding diaryl/α,β-unsaturated/α-hetero) is 1. The average Bonchev–Trinajstić information content (AvgIpc) is 2.51. The van der Waals surface area contributed by atoms with Crippen molar-refractivity contribution >= 4 is 19.5 Å². The molecule has 4 nitrogen and oxygen atoms in total. The lowest BCUT2D eigenvalue weighted by molar-refractivity contribution is 0.0920. The van der Waals surface area contributed by atoms with Crippen LogP contribution in [0.15, 0.2) is 30.3 Å². The van der Waals surface area contributed by atoms with Gasteiger partial charge in [0, 0.05) is 11.6 Å². The molecule has 0 saturated heterocycles. The van der Waals surface area contributed by atoms with Gasteiger partial charge < -0.3 is 9.47 Å². The summed E-state index contributed by atoms with van der Waals surface area (Å²) in [6, 6.07) is 8.93. The minimum atomic E-state index is -0.119. The van der Waals surface area contributed by atoms with Crippen LogP contribution in [0.5, 0.6) is 11.5 Å². The molecule has 0 fully saturated rings. The highest BCUT2D eigenvalue weighted by Gasteiger charge is 2.14. The zero-order chi connectivity index (χ0) is 17.0. The third kappa shape index (κ3) is 3.96. The predicted octanol–water partition coefficient (Wildman–Crippen LogP) is 3.80. The molecule has 0 radical (unpaired) electrons. The summed E-state index contributed by atoms with van der Waals surface area (Å²) in [5.41, 5.74) is 3.75. The normalized spacial score (nSPS) is 10.6. The van der Waals surface area contributed by atoms with E-state index in [2.05, 4.69) is 0 Å². The lowest BCUT2D eigenvalue weighted by Gasteiger charge is -2.12. The van der Waals surface area contributed by atoms with E-state index in [1.807, 2.05) is 32.9 Å².